The smallest absolute Gasteiger partial charge is 0.387 e. The molecule has 2 rings (SSSR count). The maximum absolute atomic E-state index is 12.1. The molecule has 0 bridgehead atoms. The first-order chi connectivity index (χ1) is 10.8. The largest absolute Gasteiger partial charge is 0.435 e. The second-order valence-corrected chi connectivity index (χ2v) is 6.60. The molecule has 0 atom stereocenters. The molecule has 0 N–H and O–H groups in total. The van der Waals surface area contributed by atoms with Crippen molar-refractivity contribution in [1.82, 2.24) is 20.2 Å². The van der Waals surface area contributed by atoms with Crippen LogP contribution >= 0.6 is 11.8 Å². The van der Waals surface area contributed by atoms with E-state index in [2.05, 4.69) is 20.3 Å². The van der Waals surface area contributed by atoms with Gasteiger partial charge in [0.05, 0.1) is 11.3 Å². The molecule has 0 radical (unpaired) electrons. The highest BCUT2D eigenvalue weighted by atomic mass is 32.2. The van der Waals surface area contributed by atoms with Crippen LogP contribution in [0.5, 0.6) is 5.75 Å². The quantitative estimate of drug-likeness (QED) is 0.594. The van der Waals surface area contributed by atoms with E-state index in [1.165, 1.54) is 36.0 Å². The van der Waals surface area contributed by atoms with Gasteiger partial charge in [-0.25, -0.2) is 4.68 Å². The summed E-state index contributed by atoms with van der Waals surface area (Å²) in [6.07, 6.45) is 0. The minimum Gasteiger partial charge on any atom is -0.435 e. The Morgan fingerprint density at radius 1 is 1.30 bits per heavy atom. The van der Waals surface area contributed by atoms with Gasteiger partial charge in [0.25, 0.3) is 0 Å². The second-order valence-electron chi connectivity index (χ2n) is 5.66. The predicted molar refractivity (Wildman–Crippen MR) is 80.9 cm³/mol. The molecule has 0 spiro atoms. The van der Waals surface area contributed by atoms with Crippen LogP contribution in [0.3, 0.4) is 0 Å². The summed E-state index contributed by atoms with van der Waals surface area (Å²) in [7, 11) is 0. The summed E-state index contributed by atoms with van der Waals surface area (Å²) in [6, 6.07) is 5.58. The van der Waals surface area contributed by atoms with E-state index in [0.29, 0.717) is 10.7 Å². The number of ketones is 1. The molecular formula is C14H16F2N4O2S. The van der Waals surface area contributed by atoms with Crippen molar-refractivity contribution < 1.29 is 18.3 Å². The molecule has 6 nitrogen and oxygen atoms in total. The number of nitrogens with zero attached hydrogens (tertiary/aromatic N) is 4. The van der Waals surface area contributed by atoms with Gasteiger partial charge in [0.15, 0.2) is 5.78 Å². The third kappa shape index (κ3) is 4.72. The maximum Gasteiger partial charge on any atom is 0.387 e. The van der Waals surface area contributed by atoms with Gasteiger partial charge in [-0.3, -0.25) is 4.79 Å². The topological polar surface area (TPSA) is 69.9 Å². The first-order valence-corrected chi connectivity index (χ1v) is 7.75. The van der Waals surface area contributed by atoms with Crippen LogP contribution in [0.1, 0.15) is 31.1 Å². The first kappa shape index (κ1) is 17.3. The number of alkyl halides is 2. The monoisotopic (exact) mass is 342 g/mol. The van der Waals surface area contributed by atoms with E-state index in [0.717, 1.165) is 0 Å². The number of thioether (sulfide) groups is 1. The molecule has 0 aliphatic carbocycles. The molecule has 0 aliphatic heterocycles. The second kappa shape index (κ2) is 7.03. The van der Waals surface area contributed by atoms with Gasteiger partial charge < -0.3 is 4.74 Å². The molecule has 2 aromatic rings. The Balaban J connectivity index is 1.99. The lowest BCUT2D eigenvalue weighted by Gasteiger charge is -2.19. The van der Waals surface area contributed by atoms with E-state index in [-0.39, 0.29) is 22.8 Å². The number of carbonyl (C=O) groups excluding carboxylic acids is 1. The summed E-state index contributed by atoms with van der Waals surface area (Å²) in [5.74, 6) is 0.00818. The van der Waals surface area contributed by atoms with Crippen molar-refractivity contribution in [2.75, 3.05) is 5.75 Å². The molecule has 0 aliphatic rings. The molecular weight excluding hydrogens is 326 g/mol. The number of carbonyl (C=O) groups is 1. The third-order valence-corrected chi connectivity index (χ3v) is 3.73. The Morgan fingerprint density at radius 2 is 1.96 bits per heavy atom. The van der Waals surface area contributed by atoms with E-state index in [4.69, 9.17) is 0 Å². The van der Waals surface area contributed by atoms with Crippen molar-refractivity contribution in [2.24, 2.45) is 0 Å². The fraction of sp³-hybridized carbons (Fsp3) is 0.429. The average Bonchev–Trinajstić information content (AvgIpc) is 2.93. The summed E-state index contributed by atoms with van der Waals surface area (Å²) in [6.45, 7) is 2.98. The SMILES string of the molecule is CC(C)(C)n1nnnc1SCC(=O)c1ccc(OC(F)F)cc1. The average molecular weight is 342 g/mol. The number of hydrogen-bond donors (Lipinski definition) is 0. The highest BCUT2D eigenvalue weighted by Crippen LogP contribution is 2.23. The molecule has 124 valence electrons. The van der Waals surface area contributed by atoms with Gasteiger partial charge in [0.2, 0.25) is 5.16 Å². The molecule has 1 aromatic carbocycles. The molecule has 0 saturated heterocycles. The zero-order valence-corrected chi connectivity index (χ0v) is 13.7. The van der Waals surface area contributed by atoms with Gasteiger partial charge >= 0.3 is 6.61 Å². The number of tetrazole rings is 1. The summed E-state index contributed by atoms with van der Waals surface area (Å²) in [5, 5.41) is 12.0. The normalized spacial score (nSPS) is 11.7. The first-order valence-electron chi connectivity index (χ1n) is 6.77. The van der Waals surface area contributed by atoms with Crippen molar-refractivity contribution in [1.29, 1.82) is 0 Å². The number of rotatable bonds is 6. The molecule has 0 fully saturated rings. The van der Waals surface area contributed by atoms with Crippen LogP contribution in [-0.2, 0) is 5.54 Å². The Hall–Kier alpha value is -2.03. The van der Waals surface area contributed by atoms with E-state index in [1.54, 1.807) is 4.68 Å². The number of Topliss-reactive ketones (excluding diaryl/α,β-unsaturated/α-hetero) is 1. The highest BCUT2D eigenvalue weighted by Gasteiger charge is 2.20. The molecule has 1 aromatic heterocycles. The van der Waals surface area contributed by atoms with E-state index in [1.807, 2.05) is 20.8 Å². The van der Waals surface area contributed by atoms with Crippen LogP contribution in [0, 0.1) is 0 Å². The van der Waals surface area contributed by atoms with Gasteiger partial charge in [-0.2, -0.15) is 8.78 Å². The maximum atomic E-state index is 12.1. The number of aromatic nitrogens is 4. The van der Waals surface area contributed by atoms with Crippen LogP contribution in [0.4, 0.5) is 8.78 Å². The van der Waals surface area contributed by atoms with Crippen LogP contribution in [0.15, 0.2) is 29.4 Å². The number of benzene rings is 1. The van der Waals surface area contributed by atoms with E-state index in [9.17, 15) is 13.6 Å². The molecule has 9 heteroatoms. The lowest BCUT2D eigenvalue weighted by atomic mass is 10.1. The summed E-state index contributed by atoms with van der Waals surface area (Å²) < 4.78 is 30.0. The lowest BCUT2D eigenvalue weighted by molar-refractivity contribution is -0.0498. The summed E-state index contributed by atoms with van der Waals surface area (Å²) in [5.41, 5.74) is 0.122. The van der Waals surface area contributed by atoms with Crippen molar-refractivity contribution >= 4 is 17.5 Å². The van der Waals surface area contributed by atoms with Gasteiger partial charge in [0, 0.05) is 5.56 Å². The zero-order chi connectivity index (χ0) is 17.0. The minimum absolute atomic E-state index is 0.0147. The minimum atomic E-state index is -2.89. The summed E-state index contributed by atoms with van der Waals surface area (Å²) >= 11 is 1.22. The van der Waals surface area contributed by atoms with Crippen molar-refractivity contribution in [3.8, 4) is 5.75 Å². The van der Waals surface area contributed by atoms with Crippen molar-refractivity contribution in [3.63, 3.8) is 0 Å². The van der Waals surface area contributed by atoms with Gasteiger partial charge in [-0.1, -0.05) is 11.8 Å². The van der Waals surface area contributed by atoms with Gasteiger partial charge in [-0.15, -0.1) is 5.10 Å². The summed E-state index contributed by atoms with van der Waals surface area (Å²) in [4.78, 5) is 12.1. The molecule has 0 amide bonds. The highest BCUT2D eigenvalue weighted by molar-refractivity contribution is 7.99. The Kier molecular flexibility index (Phi) is 5.30. The number of hydrogen-bond acceptors (Lipinski definition) is 6. The van der Waals surface area contributed by atoms with Gasteiger partial charge in [-0.05, 0) is 55.5 Å². The molecule has 1 heterocycles. The number of ether oxygens (including phenoxy) is 1. The van der Waals surface area contributed by atoms with Gasteiger partial charge in [0.1, 0.15) is 5.75 Å². The molecule has 0 saturated carbocycles. The third-order valence-electron chi connectivity index (χ3n) is 2.81. The van der Waals surface area contributed by atoms with E-state index < -0.39 is 6.61 Å². The fourth-order valence-electron chi connectivity index (χ4n) is 1.73. The fourth-order valence-corrected chi connectivity index (χ4v) is 2.68. The Bertz CT molecular complexity index is 668. The standard InChI is InChI=1S/C14H16F2N4O2S/c1-14(2,3)20-13(17-18-19-20)23-8-11(21)9-4-6-10(7-5-9)22-12(15)16/h4-7,12H,8H2,1-3H3. The van der Waals surface area contributed by atoms with Crippen LogP contribution in [0.2, 0.25) is 0 Å². The number of halogens is 2. The lowest BCUT2D eigenvalue weighted by Crippen LogP contribution is -2.24. The predicted octanol–water partition coefficient (Wildman–Crippen LogP) is 3.00. The Labute approximate surface area is 136 Å². The Morgan fingerprint density at radius 3 is 2.52 bits per heavy atom. The van der Waals surface area contributed by atoms with E-state index >= 15 is 0 Å². The van der Waals surface area contributed by atoms with Crippen LogP contribution in [0.25, 0.3) is 0 Å². The molecule has 0 unspecified atom stereocenters. The zero-order valence-electron chi connectivity index (χ0n) is 12.9. The molecule has 23 heavy (non-hydrogen) atoms. The van der Waals surface area contributed by atoms with Crippen LogP contribution < -0.4 is 4.74 Å². The van der Waals surface area contributed by atoms with Crippen molar-refractivity contribution in [2.45, 2.75) is 38.1 Å². The van der Waals surface area contributed by atoms with Crippen LogP contribution in [-0.4, -0.2) is 38.4 Å². The van der Waals surface area contributed by atoms with Crippen molar-refractivity contribution in [3.05, 3.63) is 29.8 Å².